The molecule has 0 fully saturated rings. The van der Waals surface area contributed by atoms with Crippen LogP contribution in [0.4, 0.5) is 11.4 Å². The second-order valence-electron chi connectivity index (χ2n) is 6.04. The summed E-state index contributed by atoms with van der Waals surface area (Å²) in [4.78, 5) is 22.4. The molecule has 0 bridgehead atoms. The highest BCUT2D eigenvalue weighted by Crippen LogP contribution is 2.33. The first-order valence-electron chi connectivity index (χ1n) is 8.28. The van der Waals surface area contributed by atoms with Gasteiger partial charge >= 0.3 is 0 Å². The van der Waals surface area contributed by atoms with Gasteiger partial charge in [0.25, 0.3) is 5.69 Å². The normalized spacial score (nSPS) is 13.2. The Morgan fingerprint density at radius 2 is 1.90 bits per heavy atom. The number of halogens is 1. The molecule has 0 atom stereocenters. The fourth-order valence-electron chi connectivity index (χ4n) is 2.58. The van der Waals surface area contributed by atoms with Crippen molar-refractivity contribution in [2.45, 2.75) is 4.90 Å². The number of benzene rings is 2. The van der Waals surface area contributed by atoms with Gasteiger partial charge in [-0.05, 0) is 24.3 Å². The number of likely N-dealkylation sites (N-methyl/N-ethyl adjacent to an activating group) is 1. The maximum absolute atomic E-state index is 12.7. The van der Waals surface area contributed by atoms with E-state index in [1.807, 2.05) is 0 Å². The van der Waals surface area contributed by atoms with Gasteiger partial charge < -0.3 is 14.8 Å². The molecule has 29 heavy (non-hydrogen) atoms. The van der Waals surface area contributed by atoms with Crippen molar-refractivity contribution in [3.05, 3.63) is 51.5 Å². The number of rotatable bonds is 6. The van der Waals surface area contributed by atoms with Gasteiger partial charge in [-0.3, -0.25) is 14.9 Å². The number of ether oxygens (including phenoxy) is 2. The van der Waals surface area contributed by atoms with Crippen molar-refractivity contribution in [3.8, 4) is 11.5 Å². The van der Waals surface area contributed by atoms with E-state index in [1.165, 1.54) is 37.4 Å². The number of nitrogens with zero attached hydrogens (tertiary/aromatic N) is 2. The number of carbonyl (C=O) groups is 1. The summed E-state index contributed by atoms with van der Waals surface area (Å²) >= 11 is 5.73. The number of hydrogen-bond acceptors (Lipinski definition) is 7. The zero-order valence-electron chi connectivity index (χ0n) is 15.1. The summed E-state index contributed by atoms with van der Waals surface area (Å²) in [5.41, 5.74) is -0.252. The molecule has 10 nitrogen and oxygen atoms in total. The molecular formula is C17H16ClN3O7S. The zero-order chi connectivity index (χ0) is 21.2. The average Bonchev–Trinajstić information content (AvgIpc) is 2.68. The van der Waals surface area contributed by atoms with Crippen LogP contribution in [0.2, 0.25) is 5.02 Å². The number of carbonyl (C=O) groups excluding carboxylic acids is 1. The largest absolute Gasteiger partial charge is 0.486 e. The van der Waals surface area contributed by atoms with Gasteiger partial charge in [0.05, 0.1) is 16.4 Å². The van der Waals surface area contributed by atoms with Gasteiger partial charge in [0.2, 0.25) is 15.9 Å². The Morgan fingerprint density at radius 1 is 1.21 bits per heavy atom. The molecule has 1 heterocycles. The summed E-state index contributed by atoms with van der Waals surface area (Å²) in [6.45, 7) is 0.178. The van der Waals surface area contributed by atoms with Crippen LogP contribution in [0.25, 0.3) is 0 Å². The Kier molecular flexibility index (Phi) is 5.91. The lowest BCUT2D eigenvalue weighted by Crippen LogP contribution is -2.35. The van der Waals surface area contributed by atoms with Crippen molar-refractivity contribution in [2.24, 2.45) is 0 Å². The van der Waals surface area contributed by atoms with Crippen LogP contribution in [0.5, 0.6) is 11.5 Å². The summed E-state index contributed by atoms with van der Waals surface area (Å²) in [5.74, 6) is 0.0776. The molecule has 1 aliphatic heterocycles. The SMILES string of the molecule is CN(CC(=O)Nc1ccc(Cl)c([N+](=O)[O-])c1)S(=O)(=O)c1ccc2c(c1)OCCO2. The Balaban J connectivity index is 1.72. The summed E-state index contributed by atoms with van der Waals surface area (Å²) in [5, 5.41) is 13.3. The Morgan fingerprint density at radius 3 is 2.59 bits per heavy atom. The Bertz CT molecular complexity index is 1070. The van der Waals surface area contributed by atoms with Crippen molar-refractivity contribution in [3.63, 3.8) is 0 Å². The first-order valence-corrected chi connectivity index (χ1v) is 10.1. The van der Waals surface area contributed by atoms with Gasteiger partial charge in [-0.25, -0.2) is 8.42 Å². The van der Waals surface area contributed by atoms with E-state index in [-0.39, 0.29) is 21.3 Å². The van der Waals surface area contributed by atoms with Crippen LogP contribution in [0, 0.1) is 10.1 Å². The van der Waals surface area contributed by atoms with E-state index in [1.54, 1.807) is 0 Å². The monoisotopic (exact) mass is 441 g/mol. The molecule has 0 aromatic heterocycles. The second kappa shape index (κ2) is 8.23. The third-order valence-corrected chi connectivity index (χ3v) is 6.13. The molecule has 1 N–H and O–H groups in total. The molecule has 154 valence electrons. The van der Waals surface area contributed by atoms with Gasteiger partial charge in [-0.15, -0.1) is 0 Å². The summed E-state index contributed by atoms with van der Waals surface area (Å²) in [7, 11) is -2.73. The lowest BCUT2D eigenvalue weighted by atomic mass is 10.3. The number of amides is 1. The van der Waals surface area contributed by atoms with Crippen molar-refractivity contribution >= 4 is 38.9 Å². The van der Waals surface area contributed by atoms with E-state index < -0.39 is 27.4 Å². The van der Waals surface area contributed by atoms with Gasteiger partial charge in [0.15, 0.2) is 11.5 Å². The average molecular weight is 442 g/mol. The fourth-order valence-corrected chi connectivity index (χ4v) is 3.91. The molecule has 2 aromatic rings. The minimum Gasteiger partial charge on any atom is -0.486 e. The molecule has 12 heteroatoms. The number of nitro groups is 1. The van der Waals surface area contributed by atoms with E-state index in [9.17, 15) is 23.3 Å². The Hall–Kier alpha value is -2.89. The standard InChI is InChI=1S/C17H16ClN3O7S/c1-20(10-17(22)19-11-2-4-13(18)14(8-11)21(23)24)29(25,26)12-3-5-15-16(9-12)28-7-6-27-15/h2-5,8-9H,6-7,10H2,1H3,(H,19,22). The molecule has 0 unspecified atom stereocenters. The van der Waals surface area contributed by atoms with E-state index in [2.05, 4.69) is 5.32 Å². The van der Waals surface area contributed by atoms with Crippen molar-refractivity contribution in [2.75, 3.05) is 32.1 Å². The van der Waals surface area contributed by atoms with Crippen LogP contribution in [-0.2, 0) is 14.8 Å². The number of anilines is 1. The van der Waals surface area contributed by atoms with Crippen LogP contribution < -0.4 is 14.8 Å². The van der Waals surface area contributed by atoms with Crippen LogP contribution in [-0.4, -0.2) is 50.4 Å². The highest BCUT2D eigenvalue weighted by molar-refractivity contribution is 7.89. The predicted molar refractivity (Wildman–Crippen MR) is 104 cm³/mol. The van der Waals surface area contributed by atoms with Crippen molar-refractivity contribution in [1.29, 1.82) is 0 Å². The topological polar surface area (TPSA) is 128 Å². The molecule has 2 aromatic carbocycles. The maximum Gasteiger partial charge on any atom is 0.289 e. The van der Waals surface area contributed by atoms with Crippen LogP contribution >= 0.6 is 11.6 Å². The van der Waals surface area contributed by atoms with Crippen molar-refractivity contribution in [1.82, 2.24) is 4.31 Å². The molecule has 0 aliphatic carbocycles. The van der Waals surface area contributed by atoms with Crippen LogP contribution in [0.3, 0.4) is 0 Å². The summed E-state index contributed by atoms with van der Waals surface area (Å²) in [6, 6.07) is 7.92. The smallest absolute Gasteiger partial charge is 0.289 e. The second-order valence-corrected chi connectivity index (χ2v) is 8.49. The molecule has 1 amide bonds. The number of sulfonamides is 1. The summed E-state index contributed by atoms with van der Waals surface area (Å²) in [6.07, 6.45) is 0. The zero-order valence-corrected chi connectivity index (χ0v) is 16.7. The Labute approximate surface area is 171 Å². The van der Waals surface area contributed by atoms with E-state index in [0.29, 0.717) is 24.7 Å². The van der Waals surface area contributed by atoms with Crippen LogP contribution in [0.15, 0.2) is 41.3 Å². The van der Waals surface area contributed by atoms with E-state index in [0.717, 1.165) is 10.4 Å². The van der Waals surface area contributed by atoms with E-state index in [4.69, 9.17) is 21.1 Å². The molecule has 0 radical (unpaired) electrons. The van der Waals surface area contributed by atoms with Crippen molar-refractivity contribution < 1.29 is 27.6 Å². The first-order chi connectivity index (χ1) is 13.7. The maximum atomic E-state index is 12.7. The third kappa shape index (κ3) is 4.58. The van der Waals surface area contributed by atoms with Gasteiger partial charge in [0.1, 0.15) is 18.2 Å². The third-order valence-electron chi connectivity index (χ3n) is 4.01. The number of fused-ring (bicyclic) bond motifs is 1. The van der Waals surface area contributed by atoms with Gasteiger partial charge in [0, 0.05) is 24.9 Å². The van der Waals surface area contributed by atoms with Gasteiger partial charge in [-0.2, -0.15) is 4.31 Å². The fraction of sp³-hybridized carbons (Fsp3) is 0.235. The highest BCUT2D eigenvalue weighted by Gasteiger charge is 2.25. The first kappa shape index (κ1) is 20.8. The molecule has 0 spiro atoms. The predicted octanol–water partition coefficient (Wildman–Crippen LogP) is 2.28. The highest BCUT2D eigenvalue weighted by atomic mass is 35.5. The summed E-state index contributed by atoms with van der Waals surface area (Å²) < 4.78 is 37.1. The number of nitro benzene ring substituents is 1. The molecule has 3 rings (SSSR count). The lowest BCUT2D eigenvalue weighted by Gasteiger charge is -2.21. The molecular weight excluding hydrogens is 426 g/mol. The minimum atomic E-state index is -3.98. The van der Waals surface area contributed by atoms with Gasteiger partial charge in [-0.1, -0.05) is 11.6 Å². The quantitative estimate of drug-likeness (QED) is 0.537. The minimum absolute atomic E-state index is 0.0563. The van der Waals surface area contributed by atoms with Crippen LogP contribution in [0.1, 0.15) is 0 Å². The molecule has 1 aliphatic rings. The number of hydrogen-bond donors (Lipinski definition) is 1. The number of nitrogens with one attached hydrogen (secondary N) is 1. The van der Waals surface area contributed by atoms with E-state index >= 15 is 0 Å². The molecule has 0 saturated carbocycles. The molecule has 0 saturated heterocycles. The lowest BCUT2D eigenvalue weighted by molar-refractivity contribution is -0.384.